The van der Waals surface area contributed by atoms with Crippen LogP contribution < -0.4 is 14.8 Å². The number of ether oxygens (including phenoxy) is 1. The molecule has 0 fully saturated rings. The van der Waals surface area contributed by atoms with Gasteiger partial charge in [-0.1, -0.05) is 13.0 Å². The van der Waals surface area contributed by atoms with E-state index in [9.17, 15) is 8.42 Å². The minimum absolute atomic E-state index is 0.281. The summed E-state index contributed by atoms with van der Waals surface area (Å²) in [5, 5.41) is 4.82. The molecule has 114 valence electrons. The van der Waals surface area contributed by atoms with Crippen LogP contribution in [-0.4, -0.2) is 22.1 Å². The molecule has 21 heavy (non-hydrogen) atoms. The first-order chi connectivity index (χ1) is 10.0. The lowest BCUT2D eigenvalue weighted by molar-refractivity contribution is 0.415. The van der Waals surface area contributed by atoms with Crippen molar-refractivity contribution in [3.05, 3.63) is 40.6 Å². The molecule has 0 saturated carbocycles. The molecule has 0 aliphatic heterocycles. The van der Waals surface area contributed by atoms with E-state index in [2.05, 4.69) is 10.0 Å². The third-order valence-corrected chi connectivity index (χ3v) is 5.26. The minimum Gasteiger partial charge on any atom is -0.497 e. The second-order valence-corrected chi connectivity index (χ2v) is 7.04. The lowest BCUT2D eigenvalue weighted by Gasteiger charge is -2.07. The van der Waals surface area contributed by atoms with Gasteiger partial charge in [-0.05, 0) is 24.7 Å². The van der Waals surface area contributed by atoms with Gasteiger partial charge in [-0.15, -0.1) is 11.3 Å². The molecule has 0 radical (unpaired) electrons. The molecule has 0 aliphatic rings. The second-order valence-electron chi connectivity index (χ2n) is 4.37. The Morgan fingerprint density at radius 1 is 1.29 bits per heavy atom. The molecule has 0 spiro atoms. The van der Waals surface area contributed by atoms with Crippen LogP contribution in [0.1, 0.15) is 11.8 Å². The van der Waals surface area contributed by atoms with Crippen LogP contribution in [0.2, 0.25) is 0 Å². The van der Waals surface area contributed by atoms with Gasteiger partial charge in [0.15, 0.2) is 0 Å². The van der Waals surface area contributed by atoms with Gasteiger partial charge in [-0.25, -0.2) is 8.42 Å². The lowest BCUT2D eigenvalue weighted by atomic mass is 10.3. The fourth-order valence-electron chi connectivity index (χ4n) is 1.74. The molecule has 7 heteroatoms. The molecular weight excluding hydrogens is 308 g/mol. The number of nitrogens with one attached hydrogen (secondary N) is 2. The van der Waals surface area contributed by atoms with Crippen molar-refractivity contribution in [3.8, 4) is 5.75 Å². The topological polar surface area (TPSA) is 67.4 Å². The molecule has 0 bridgehead atoms. The van der Waals surface area contributed by atoms with Crippen LogP contribution in [0.25, 0.3) is 0 Å². The van der Waals surface area contributed by atoms with Crippen LogP contribution in [0.15, 0.2) is 40.6 Å². The number of anilines is 1. The maximum Gasteiger partial charge on any atom is 0.262 e. The first-order valence-electron chi connectivity index (χ1n) is 6.50. The molecule has 1 aromatic heterocycles. The Labute approximate surface area is 129 Å². The van der Waals surface area contributed by atoms with Crippen molar-refractivity contribution in [2.45, 2.75) is 18.4 Å². The van der Waals surface area contributed by atoms with Crippen molar-refractivity contribution >= 4 is 27.0 Å². The van der Waals surface area contributed by atoms with Crippen LogP contribution in [0.5, 0.6) is 5.75 Å². The Balaban J connectivity index is 2.15. The Morgan fingerprint density at radius 3 is 2.81 bits per heavy atom. The third-order valence-electron chi connectivity index (χ3n) is 2.81. The monoisotopic (exact) mass is 326 g/mol. The van der Waals surface area contributed by atoms with Crippen molar-refractivity contribution < 1.29 is 13.2 Å². The molecule has 2 N–H and O–H groups in total. The fraction of sp³-hybridized carbons (Fsp3) is 0.286. The second kappa shape index (κ2) is 6.93. The highest BCUT2D eigenvalue weighted by molar-refractivity contribution is 7.92. The van der Waals surface area contributed by atoms with Gasteiger partial charge in [-0.3, -0.25) is 4.72 Å². The van der Waals surface area contributed by atoms with Gasteiger partial charge in [0.2, 0.25) is 0 Å². The zero-order chi connectivity index (χ0) is 15.3. The summed E-state index contributed by atoms with van der Waals surface area (Å²) >= 11 is 1.43. The summed E-state index contributed by atoms with van der Waals surface area (Å²) in [7, 11) is -2.02. The van der Waals surface area contributed by atoms with Crippen molar-refractivity contribution in [1.82, 2.24) is 5.32 Å². The van der Waals surface area contributed by atoms with E-state index in [4.69, 9.17) is 4.74 Å². The average Bonchev–Trinajstić information content (AvgIpc) is 2.94. The number of benzene rings is 1. The number of hydrogen-bond donors (Lipinski definition) is 2. The normalized spacial score (nSPS) is 11.3. The first kappa shape index (κ1) is 15.8. The summed E-state index contributed by atoms with van der Waals surface area (Å²) in [5.41, 5.74) is 0.480. The zero-order valence-corrected chi connectivity index (χ0v) is 13.6. The SMILES string of the molecule is CCNCc1cc(S(=O)(=O)Nc2cccc(OC)c2)cs1. The van der Waals surface area contributed by atoms with Gasteiger partial charge < -0.3 is 10.1 Å². The average molecular weight is 326 g/mol. The first-order valence-corrected chi connectivity index (χ1v) is 8.86. The highest BCUT2D eigenvalue weighted by Gasteiger charge is 2.16. The summed E-state index contributed by atoms with van der Waals surface area (Å²) in [6.07, 6.45) is 0. The predicted molar refractivity (Wildman–Crippen MR) is 85.5 cm³/mol. The zero-order valence-electron chi connectivity index (χ0n) is 11.9. The highest BCUT2D eigenvalue weighted by Crippen LogP contribution is 2.23. The molecule has 0 aliphatic carbocycles. The molecule has 0 unspecified atom stereocenters. The highest BCUT2D eigenvalue weighted by atomic mass is 32.2. The van der Waals surface area contributed by atoms with Crippen molar-refractivity contribution in [2.24, 2.45) is 0 Å². The van der Waals surface area contributed by atoms with E-state index in [1.807, 2.05) is 6.92 Å². The van der Waals surface area contributed by atoms with E-state index in [1.54, 1.807) is 42.8 Å². The van der Waals surface area contributed by atoms with Crippen molar-refractivity contribution in [2.75, 3.05) is 18.4 Å². The van der Waals surface area contributed by atoms with Crippen LogP contribution in [0.4, 0.5) is 5.69 Å². The van der Waals surface area contributed by atoms with E-state index in [1.165, 1.54) is 11.3 Å². The van der Waals surface area contributed by atoms with E-state index in [0.29, 0.717) is 18.0 Å². The Morgan fingerprint density at radius 2 is 2.10 bits per heavy atom. The number of sulfonamides is 1. The van der Waals surface area contributed by atoms with E-state index >= 15 is 0 Å². The molecule has 0 amide bonds. The van der Waals surface area contributed by atoms with Gasteiger partial charge in [-0.2, -0.15) is 0 Å². The Bertz CT molecular complexity index is 696. The van der Waals surface area contributed by atoms with Crippen LogP contribution in [-0.2, 0) is 16.6 Å². The number of methoxy groups -OCH3 is 1. The lowest BCUT2D eigenvalue weighted by Crippen LogP contribution is -2.13. The molecule has 2 rings (SSSR count). The number of thiophene rings is 1. The summed E-state index contributed by atoms with van der Waals surface area (Å²) in [4.78, 5) is 1.27. The van der Waals surface area contributed by atoms with Gasteiger partial charge in [0, 0.05) is 22.9 Å². The molecule has 5 nitrogen and oxygen atoms in total. The summed E-state index contributed by atoms with van der Waals surface area (Å²) in [5.74, 6) is 0.605. The quantitative estimate of drug-likeness (QED) is 0.821. The Kier molecular flexibility index (Phi) is 5.22. The largest absolute Gasteiger partial charge is 0.497 e. The minimum atomic E-state index is -3.57. The van der Waals surface area contributed by atoms with Crippen molar-refractivity contribution in [1.29, 1.82) is 0 Å². The van der Waals surface area contributed by atoms with Gasteiger partial charge in [0.05, 0.1) is 17.7 Å². The molecule has 0 atom stereocenters. The molecular formula is C14H18N2O3S2. The number of rotatable bonds is 7. The van der Waals surface area contributed by atoms with Gasteiger partial charge in [0.25, 0.3) is 10.0 Å². The fourth-order valence-corrected chi connectivity index (χ4v) is 4.04. The van der Waals surface area contributed by atoms with Crippen LogP contribution in [0, 0.1) is 0 Å². The molecule has 1 aromatic carbocycles. The number of hydrogen-bond acceptors (Lipinski definition) is 5. The van der Waals surface area contributed by atoms with Gasteiger partial charge in [0.1, 0.15) is 5.75 Å². The summed E-state index contributed by atoms with van der Waals surface area (Å²) in [6.45, 7) is 3.54. The van der Waals surface area contributed by atoms with E-state index in [0.717, 1.165) is 11.4 Å². The van der Waals surface area contributed by atoms with Crippen LogP contribution >= 0.6 is 11.3 Å². The third kappa shape index (κ3) is 4.20. The Hall–Kier alpha value is -1.57. The van der Waals surface area contributed by atoms with Crippen molar-refractivity contribution in [3.63, 3.8) is 0 Å². The van der Waals surface area contributed by atoms with E-state index in [-0.39, 0.29) is 4.90 Å². The molecule has 1 heterocycles. The summed E-state index contributed by atoms with van der Waals surface area (Å²) in [6, 6.07) is 8.52. The maximum absolute atomic E-state index is 12.3. The maximum atomic E-state index is 12.3. The predicted octanol–water partition coefficient (Wildman–Crippen LogP) is 2.67. The van der Waals surface area contributed by atoms with Crippen LogP contribution in [0.3, 0.4) is 0 Å². The smallest absolute Gasteiger partial charge is 0.262 e. The molecule has 2 aromatic rings. The standard InChI is InChI=1S/C14H18N2O3S2/c1-3-15-9-13-8-14(10-20-13)21(17,18)16-11-5-4-6-12(7-11)19-2/h4-8,10,15-16H,3,9H2,1-2H3. The van der Waals surface area contributed by atoms with E-state index < -0.39 is 10.0 Å². The summed E-state index contributed by atoms with van der Waals surface area (Å²) < 4.78 is 32.3. The van der Waals surface area contributed by atoms with Gasteiger partial charge >= 0.3 is 0 Å². The molecule has 0 saturated heterocycles.